The van der Waals surface area contributed by atoms with Crippen molar-refractivity contribution in [1.82, 2.24) is 10.6 Å². The van der Waals surface area contributed by atoms with Crippen LogP contribution >= 0.6 is 0 Å². The van der Waals surface area contributed by atoms with Crippen LogP contribution in [-0.4, -0.2) is 19.5 Å². The van der Waals surface area contributed by atoms with Crippen LogP contribution in [0.25, 0.3) is 0 Å². The lowest BCUT2D eigenvalue weighted by Crippen LogP contribution is -2.23. The first-order chi connectivity index (χ1) is 6.83. The summed E-state index contributed by atoms with van der Waals surface area (Å²) in [5, 5.41) is 5.81. The van der Waals surface area contributed by atoms with E-state index in [0.717, 1.165) is 18.5 Å². The Balaban J connectivity index is 2.09. The molecular formula is C10H16N2O2. The summed E-state index contributed by atoms with van der Waals surface area (Å²) >= 11 is 0. The maximum absolute atomic E-state index is 11.2. The Hall–Kier alpha value is -1.29. The maximum atomic E-state index is 11.2. The number of carbonyl (C=O) groups excluding carboxylic acids is 1. The second kappa shape index (κ2) is 6.21. The van der Waals surface area contributed by atoms with Crippen LogP contribution in [0.15, 0.2) is 23.0 Å². The summed E-state index contributed by atoms with van der Waals surface area (Å²) in [5.41, 5.74) is 0.993. The highest BCUT2D eigenvalue weighted by atomic mass is 16.3. The van der Waals surface area contributed by atoms with E-state index in [2.05, 4.69) is 10.6 Å². The summed E-state index contributed by atoms with van der Waals surface area (Å²) in [6.45, 7) is 1.42. The van der Waals surface area contributed by atoms with E-state index in [4.69, 9.17) is 4.42 Å². The van der Waals surface area contributed by atoms with E-state index >= 15 is 0 Å². The monoisotopic (exact) mass is 196 g/mol. The summed E-state index contributed by atoms with van der Waals surface area (Å²) in [6.07, 6.45) is 4.67. The van der Waals surface area contributed by atoms with Crippen LogP contribution in [0.1, 0.15) is 18.4 Å². The molecule has 2 N–H and O–H groups in total. The van der Waals surface area contributed by atoms with Crippen molar-refractivity contribution in [2.75, 3.05) is 13.6 Å². The van der Waals surface area contributed by atoms with Crippen molar-refractivity contribution in [3.05, 3.63) is 24.2 Å². The second-order valence-electron chi connectivity index (χ2n) is 3.12. The number of nitrogens with one attached hydrogen (secondary N) is 2. The third-order valence-corrected chi connectivity index (χ3v) is 1.90. The topological polar surface area (TPSA) is 54.3 Å². The zero-order valence-corrected chi connectivity index (χ0v) is 8.38. The number of hydrogen-bond donors (Lipinski definition) is 2. The van der Waals surface area contributed by atoms with Gasteiger partial charge in [-0.3, -0.25) is 4.79 Å². The molecule has 4 nitrogen and oxygen atoms in total. The van der Waals surface area contributed by atoms with Crippen molar-refractivity contribution in [3.8, 4) is 0 Å². The lowest BCUT2D eigenvalue weighted by Gasteiger charge is -2.02. The largest absolute Gasteiger partial charge is 0.472 e. The van der Waals surface area contributed by atoms with Gasteiger partial charge in [-0.05, 0) is 26.1 Å². The van der Waals surface area contributed by atoms with Gasteiger partial charge in [0.05, 0.1) is 12.5 Å². The van der Waals surface area contributed by atoms with Crippen molar-refractivity contribution in [2.45, 2.75) is 19.4 Å². The molecule has 78 valence electrons. The molecule has 0 saturated heterocycles. The molecule has 1 rings (SSSR count). The van der Waals surface area contributed by atoms with Gasteiger partial charge in [-0.15, -0.1) is 0 Å². The van der Waals surface area contributed by atoms with Gasteiger partial charge < -0.3 is 15.1 Å². The fourth-order valence-electron chi connectivity index (χ4n) is 1.11. The Morgan fingerprint density at radius 2 is 2.43 bits per heavy atom. The number of hydrogen-bond acceptors (Lipinski definition) is 3. The van der Waals surface area contributed by atoms with E-state index in [1.807, 2.05) is 13.1 Å². The molecular weight excluding hydrogens is 180 g/mol. The molecule has 0 aliphatic carbocycles. The molecule has 14 heavy (non-hydrogen) atoms. The van der Waals surface area contributed by atoms with Crippen molar-refractivity contribution in [1.29, 1.82) is 0 Å². The Kier molecular flexibility index (Phi) is 4.78. The molecule has 0 aliphatic heterocycles. The van der Waals surface area contributed by atoms with Gasteiger partial charge >= 0.3 is 0 Å². The van der Waals surface area contributed by atoms with Crippen LogP contribution in [-0.2, 0) is 11.3 Å². The van der Waals surface area contributed by atoms with Gasteiger partial charge in [-0.25, -0.2) is 0 Å². The lowest BCUT2D eigenvalue weighted by molar-refractivity contribution is -0.121. The highest BCUT2D eigenvalue weighted by Crippen LogP contribution is 1.98. The van der Waals surface area contributed by atoms with Gasteiger partial charge in [0.25, 0.3) is 0 Å². The van der Waals surface area contributed by atoms with E-state index < -0.39 is 0 Å². The van der Waals surface area contributed by atoms with E-state index in [-0.39, 0.29) is 5.91 Å². The molecule has 1 amide bonds. The first-order valence-electron chi connectivity index (χ1n) is 4.75. The normalized spacial score (nSPS) is 10.1. The molecule has 1 aromatic rings. The maximum Gasteiger partial charge on any atom is 0.220 e. The zero-order chi connectivity index (χ0) is 10.2. The standard InChI is InChI=1S/C10H16N2O2/c1-11-5-2-3-10(13)12-7-9-4-6-14-8-9/h4,6,8,11H,2-3,5,7H2,1H3,(H,12,13). The van der Waals surface area contributed by atoms with Gasteiger partial charge in [0.2, 0.25) is 5.91 Å². The number of furan rings is 1. The highest BCUT2D eigenvalue weighted by molar-refractivity contribution is 5.75. The first kappa shape index (κ1) is 10.8. The van der Waals surface area contributed by atoms with Crippen LogP contribution in [0.3, 0.4) is 0 Å². The van der Waals surface area contributed by atoms with E-state index in [0.29, 0.717) is 13.0 Å². The molecule has 0 radical (unpaired) electrons. The Bertz CT molecular complexity index is 257. The third kappa shape index (κ3) is 4.09. The van der Waals surface area contributed by atoms with Crippen LogP contribution in [0.5, 0.6) is 0 Å². The SMILES string of the molecule is CNCCCC(=O)NCc1ccoc1. The minimum atomic E-state index is 0.0847. The molecule has 0 aromatic carbocycles. The minimum Gasteiger partial charge on any atom is -0.472 e. The van der Waals surface area contributed by atoms with Crippen molar-refractivity contribution >= 4 is 5.91 Å². The number of rotatable bonds is 6. The fourth-order valence-corrected chi connectivity index (χ4v) is 1.11. The second-order valence-corrected chi connectivity index (χ2v) is 3.12. The number of carbonyl (C=O) groups is 1. The summed E-state index contributed by atoms with van der Waals surface area (Å²) in [7, 11) is 1.88. The predicted molar refractivity (Wildman–Crippen MR) is 53.7 cm³/mol. The number of amides is 1. The Labute approximate surface area is 83.7 Å². The van der Waals surface area contributed by atoms with Crippen molar-refractivity contribution in [3.63, 3.8) is 0 Å². The fraction of sp³-hybridized carbons (Fsp3) is 0.500. The third-order valence-electron chi connectivity index (χ3n) is 1.90. The van der Waals surface area contributed by atoms with Crippen LogP contribution < -0.4 is 10.6 Å². The van der Waals surface area contributed by atoms with Gasteiger partial charge in [0, 0.05) is 18.5 Å². The van der Waals surface area contributed by atoms with Crippen LogP contribution in [0.2, 0.25) is 0 Å². The lowest BCUT2D eigenvalue weighted by atomic mass is 10.3. The predicted octanol–water partition coefficient (Wildman–Crippen LogP) is 0.895. The summed E-state index contributed by atoms with van der Waals surface area (Å²) in [6, 6.07) is 1.84. The molecule has 1 aromatic heterocycles. The van der Waals surface area contributed by atoms with E-state index in [1.54, 1.807) is 12.5 Å². The quantitative estimate of drug-likeness (QED) is 0.664. The molecule has 0 bridgehead atoms. The first-order valence-corrected chi connectivity index (χ1v) is 4.75. The minimum absolute atomic E-state index is 0.0847. The van der Waals surface area contributed by atoms with E-state index in [9.17, 15) is 4.79 Å². The average Bonchev–Trinajstić information content (AvgIpc) is 2.68. The van der Waals surface area contributed by atoms with Gasteiger partial charge in [-0.1, -0.05) is 0 Å². The summed E-state index contributed by atoms with van der Waals surface area (Å²) < 4.78 is 4.88. The molecule has 0 aliphatic rings. The van der Waals surface area contributed by atoms with E-state index in [1.165, 1.54) is 0 Å². The summed E-state index contributed by atoms with van der Waals surface area (Å²) in [4.78, 5) is 11.2. The van der Waals surface area contributed by atoms with Gasteiger partial charge in [0.1, 0.15) is 0 Å². The van der Waals surface area contributed by atoms with Gasteiger partial charge in [-0.2, -0.15) is 0 Å². The molecule has 0 spiro atoms. The smallest absolute Gasteiger partial charge is 0.220 e. The molecule has 0 unspecified atom stereocenters. The summed E-state index contributed by atoms with van der Waals surface area (Å²) in [5.74, 6) is 0.0847. The Morgan fingerprint density at radius 3 is 3.07 bits per heavy atom. The van der Waals surface area contributed by atoms with Gasteiger partial charge in [0.15, 0.2) is 0 Å². The molecule has 0 saturated carbocycles. The van der Waals surface area contributed by atoms with Crippen molar-refractivity contribution < 1.29 is 9.21 Å². The molecule has 4 heteroatoms. The average molecular weight is 196 g/mol. The highest BCUT2D eigenvalue weighted by Gasteiger charge is 2.00. The van der Waals surface area contributed by atoms with Crippen LogP contribution in [0.4, 0.5) is 0 Å². The molecule has 1 heterocycles. The zero-order valence-electron chi connectivity index (χ0n) is 8.38. The van der Waals surface area contributed by atoms with Crippen LogP contribution in [0, 0.1) is 0 Å². The molecule has 0 fully saturated rings. The molecule has 0 atom stereocenters. The van der Waals surface area contributed by atoms with Crippen molar-refractivity contribution in [2.24, 2.45) is 0 Å². The Morgan fingerprint density at radius 1 is 1.57 bits per heavy atom.